The molecule has 1 aromatic carbocycles. The number of nitrogens with one attached hydrogen (secondary N) is 1. The Morgan fingerprint density at radius 3 is 2.44 bits per heavy atom. The predicted molar refractivity (Wildman–Crippen MR) is 139 cm³/mol. The van der Waals surface area contributed by atoms with Crippen molar-refractivity contribution in [1.82, 2.24) is 14.8 Å². The SMILES string of the molecule is O=C(c1cncc(C2CC2)c1)N1CCC[C@@H](Nc2c(C(=O)N3CCCCC3)cc(Br)cc2[N+](=O)[O-])C1. The molecule has 2 saturated heterocycles. The highest BCUT2D eigenvalue weighted by Gasteiger charge is 2.32. The first-order chi connectivity index (χ1) is 17.4. The Balaban J connectivity index is 1.38. The summed E-state index contributed by atoms with van der Waals surface area (Å²) in [5.74, 6) is 0.231. The van der Waals surface area contributed by atoms with Crippen LogP contribution in [0.25, 0.3) is 0 Å². The zero-order valence-electron chi connectivity index (χ0n) is 20.1. The summed E-state index contributed by atoms with van der Waals surface area (Å²) < 4.78 is 0.489. The molecule has 1 aliphatic carbocycles. The maximum atomic E-state index is 13.4. The predicted octanol–water partition coefficient (Wildman–Crippen LogP) is 4.97. The Hall–Kier alpha value is -3.01. The number of nitrogens with zero attached hydrogens (tertiary/aromatic N) is 4. The monoisotopic (exact) mass is 555 g/mol. The van der Waals surface area contributed by atoms with Gasteiger partial charge in [0, 0.05) is 55.2 Å². The average Bonchev–Trinajstić information content (AvgIpc) is 3.75. The van der Waals surface area contributed by atoms with Crippen molar-refractivity contribution in [2.75, 3.05) is 31.5 Å². The summed E-state index contributed by atoms with van der Waals surface area (Å²) in [5, 5.41) is 15.3. The maximum absolute atomic E-state index is 13.4. The van der Waals surface area contributed by atoms with Gasteiger partial charge < -0.3 is 15.1 Å². The normalized spacial score (nSPS) is 20.2. The van der Waals surface area contributed by atoms with Crippen molar-refractivity contribution in [3.63, 3.8) is 0 Å². The van der Waals surface area contributed by atoms with Crippen LogP contribution in [0.5, 0.6) is 0 Å². The average molecular weight is 556 g/mol. The molecule has 1 aromatic heterocycles. The van der Waals surface area contributed by atoms with Crippen LogP contribution in [-0.2, 0) is 0 Å². The number of amides is 2. The smallest absolute Gasteiger partial charge is 0.294 e. The maximum Gasteiger partial charge on any atom is 0.294 e. The number of carbonyl (C=O) groups is 2. The molecule has 3 aliphatic rings. The van der Waals surface area contributed by atoms with Gasteiger partial charge in [-0.15, -0.1) is 0 Å². The molecule has 0 unspecified atom stereocenters. The number of hydrogen-bond donors (Lipinski definition) is 1. The minimum atomic E-state index is -0.457. The van der Waals surface area contributed by atoms with Crippen molar-refractivity contribution >= 4 is 39.1 Å². The van der Waals surface area contributed by atoms with Crippen molar-refractivity contribution in [1.29, 1.82) is 0 Å². The van der Waals surface area contributed by atoms with E-state index in [0.29, 0.717) is 47.7 Å². The number of pyridine rings is 1. The second kappa shape index (κ2) is 10.5. The number of rotatable bonds is 6. The highest BCUT2D eigenvalue weighted by molar-refractivity contribution is 9.10. The summed E-state index contributed by atoms with van der Waals surface area (Å²) in [5.41, 5.74) is 2.07. The summed E-state index contributed by atoms with van der Waals surface area (Å²) in [6.45, 7) is 2.32. The van der Waals surface area contributed by atoms with Gasteiger partial charge >= 0.3 is 0 Å². The largest absolute Gasteiger partial charge is 0.374 e. The van der Waals surface area contributed by atoms with E-state index in [1.54, 1.807) is 22.1 Å². The van der Waals surface area contributed by atoms with Crippen LogP contribution in [-0.4, -0.2) is 63.7 Å². The molecule has 36 heavy (non-hydrogen) atoms. The van der Waals surface area contributed by atoms with Crippen LogP contribution in [0.15, 0.2) is 35.1 Å². The van der Waals surface area contributed by atoms with E-state index in [1.165, 1.54) is 6.07 Å². The molecule has 190 valence electrons. The van der Waals surface area contributed by atoms with Crippen LogP contribution < -0.4 is 5.32 Å². The van der Waals surface area contributed by atoms with Gasteiger partial charge in [-0.1, -0.05) is 15.9 Å². The Morgan fingerprint density at radius 2 is 1.72 bits per heavy atom. The minimum Gasteiger partial charge on any atom is -0.374 e. The van der Waals surface area contributed by atoms with Crippen molar-refractivity contribution in [2.24, 2.45) is 0 Å². The number of benzene rings is 1. The van der Waals surface area contributed by atoms with Gasteiger partial charge in [-0.05, 0) is 68.6 Å². The molecule has 5 rings (SSSR count). The molecule has 9 nitrogen and oxygen atoms in total. The molecule has 0 bridgehead atoms. The van der Waals surface area contributed by atoms with Crippen molar-refractivity contribution in [2.45, 2.75) is 56.9 Å². The highest BCUT2D eigenvalue weighted by Crippen LogP contribution is 2.40. The lowest BCUT2D eigenvalue weighted by molar-refractivity contribution is -0.384. The fourth-order valence-electron chi connectivity index (χ4n) is 5.20. The van der Waals surface area contributed by atoms with E-state index in [2.05, 4.69) is 26.2 Å². The number of nitro benzene ring substituents is 1. The molecule has 3 heterocycles. The summed E-state index contributed by atoms with van der Waals surface area (Å²) in [7, 11) is 0. The van der Waals surface area contributed by atoms with Crippen molar-refractivity contribution in [3.05, 3.63) is 61.9 Å². The molecule has 1 saturated carbocycles. The number of anilines is 1. The third-order valence-corrected chi connectivity index (χ3v) is 7.72. The third kappa shape index (κ3) is 5.38. The number of halogens is 1. The second-order valence-corrected chi connectivity index (χ2v) is 10.9. The molecule has 0 spiro atoms. The first kappa shape index (κ1) is 24.7. The number of likely N-dealkylation sites (tertiary alicyclic amines) is 2. The van der Waals surface area contributed by atoms with E-state index >= 15 is 0 Å². The lowest BCUT2D eigenvalue weighted by Crippen LogP contribution is -2.45. The summed E-state index contributed by atoms with van der Waals surface area (Å²) in [4.78, 5) is 46.0. The standard InChI is InChI=1S/C26H30BrN5O4/c27-20-12-22(26(34)30-8-2-1-3-9-30)24(23(13-20)32(35)36)29-21-5-4-10-31(16-21)25(33)19-11-18(14-28-15-19)17-6-7-17/h11-15,17,21,29H,1-10,16H2/t21-/m1/s1. The fraction of sp³-hybridized carbons (Fsp3) is 0.500. The van der Waals surface area contributed by atoms with Crippen molar-refractivity contribution in [3.8, 4) is 0 Å². The molecule has 1 N–H and O–H groups in total. The fourth-order valence-corrected chi connectivity index (χ4v) is 5.65. The first-order valence-electron chi connectivity index (χ1n) is 12.7. The summed E-state index contributed by atoms with van der Waals surface area (Å²) in [6, 6.07) is 4.82. The van der Waals surface area contributed by atoms with E-state index < -0.39 is 4.92 Å². The van der Waals surface area contributed by atoms with Gasteiger partial charge in [0.25, 0.3) is 17.5 Å². The van der Waals surface area contributed by atoms with Gasteiger partial charge in [0.1, 0.15) is 5.69 Å². The van der Waals surface area contributed by atoms with Gasteiger partial charge in [-0.25, -0.2) is 0 Å². The molecule has 3 fully saturated rings. The third-order valence-electron chi connectivity index (χ3n) is 7.26. The Kier molecular flexibility index (Phi) is 7.22. The summed E-state index contributed by atoms with van der Waals surface area (Å²) >= 11 is 3.35. The number of piperidine rings is 2. The summed E-state index contributed by atoms with van der Waals surface area (Å²) in [6.07, 6.45) is 10.2. The first-order valence-corrected chi connectivity index (χ1v) is 13.5. The number of aromatic nitrogens is 1. The van der Waals surface area contributed by atoms with Crippen LogP contribution in [0.4, 0.5) is 11.4 Å². The van der Waals surface area contributed by atoms with E-state index in [-0.39, 0.29) is 29.2 Å². The number of nitro groups is 1. The number of hydrogen-bond acceptors (Lipinski definition) is 6. The van der Waals surface area contributed by atoms with Crippen LogP contribution in [0, 0.1) is 10.1 Å². The lowest BCUT2D eigenvalue weighted by Gasteiger charge is -2.34. The zero-order chi connectivity index (χ0) is 25.2. The van der Waals surface area contributed by atoms with E-state index in [4.69, 9.17) is 0 Å². The van der Waals surface area contributed by atoms with Crippen LogP contribution >= 0.6 is 15.9 Å². The highest BCUT2D eigenvalue weighted by atomic mass is 79.9. The quantitative estimate of drug-likeness (QED) is 0.398. The zero-order valence-corrected chi connectivity index (χ0v) is 21.7. The van der Waals surface area contributed by atoms with Crippen LogP contribution in [0.1, 0.15) is 77.1 Å². The molecule has 2 amide bonds. The Bertz CT molecular complexity index is 1180. The second-order valence-electron chi connectivity index (χ2n) is 9.97. The van der Waals surface area contributed by atoms with Crippen LogP contribution in [0.3, 0.4) is 0 Å². The molecule has 10 heteroatoms. The van der Waals surface area contributed by atoms with Gasteiger partial charge in [0.15, 0.2) is 0 Å². The molecule has 2 aliphatic heterocycles. The molecular formula is C26H30BrN5O4. The Morgan fingerprint density at radius 1 is 0.972 bits per heavy atom. The molecule has 1 atom stereocenters. The lowest BCUT2D eigenvalue weighted by atomic mass is 10.0. The Labute approximate surface area is 218 Å². The van der Waals surface area contributed by atoms with Gasteiger partial charge in [-0.3, -0.25) is 24.7 Å². The molecule has 0 radical (unpaired) electrons. The topological polar surface area (TPSA) is 109 Å². The molecule has 2 aromatic rings. The van der Waals surface area contributed by atoms with E-state index in [1.807, 2.05) is 12.3 Å². The van der Waals surface area contributed by atoms with Gasteiger partial charge in [0.2, 0.25) is 0 Å². The van der Waals surface area contributed by atoms with E-state index in [0.717, 1.165) is 50.5 Å². The number of carbonyl (C=O) groups excluding carboxylic acids is 2. The van der Waals surface area contributed by atoms with Crippen LogP contribution in [0.2, 0.25) is 0 Å². The molecular weight excluding hydrogens is 526 g/mol. The van der Waals surface area contributed by atoms with Gasteiger partial charge in [-0.2, -0.15) is 0 Å². The van der Waals surface area contributed by atoms with Gasteiger partial charge in [0.05, 0.1) is 16.1 Å². The van der Waals surface area contributed by atoms with Crippen molar-refractivity contribution < 1.29 is 14.5 Å². The minimum absolute atomic E-state index is 0.0774. The van der Waals surface area contributed by atoms with E-state index in [9.17, 15) is 19.7 Å².